The Balaban J connectivity index is 2.11. The normalized spacial score (nSPS) is 11.9. The number of hydrogen-bond acceptors (Lipinski definition) is 4. The Morgan fingerprint density at radius 2 is 1.64 bits per heavy atom. The number of carbonyl (C=O) groups excluding carboxylic acids is 1. The standard InChI is InChI=1S/C18H18Cl3N3O3S/c1-26-13-9-8-11(10-14(13)27-2)15(25)23-16(18(19,20)21)24-17(28)22-12-6-4-3-5-7-12/h3-10,16H,1-2H3,(H,23,25)(H2,22,24,28). The molecule has 2 aromatic carbocycles. The molecular weight excluding hydrogens is 445 g/mol. The molecule has 0 aliphatic rings. The highest BCUT2D eigenvalue weighted by Gasteiger charge is 2.35. The van der Waals surface area contributed by atoms with Crippen LogP contribution in [0.25, 0.3) is 0 Å². The van der Waals surface area contributed by atoms with E-state index in [1.807, 2.05) is 30.3 Å². The molecule has 1 amide bonds. The van der Waals surface area contributed by atoms with E-state index < -0.39 is 15.9 Å². The van der Waals surface area contributed by atoms with Crippen LogP contribution in [0.1, 0.15) is 10.4 Å². The van der Waals surface area contributed by atoms with Gasteiger partial charge in [-0.2, -0.15) is 0 Å². The van der Waals surface area contributed by atoms with Crippen molar-refractivity contribution in [2.45, 2.75) is 9.96 Å². The largest absolute Gasteiger partial charge is 0.493 e. The maximum Gasteiger partial charge on any atom is 0.253 e. The minimum Gasteiger partial charge on any atom is -0.493 e. The van der Waals surface area contributed by atoms with Gasteiger partial charge in [0.2, 0.25) is 3.79 Å². The molecular formula is C18H18Cl3N3O3S. The Morgan fingerprint density at radius 1 is 1.00 bits per heavy atom. The second kappa shape index (κ2) is 10.0. The summed E-state index contributed by atoms with van der Waals surface area (Å²) in [5.41, 5.74) is 1.04. The molecule has 0 radical (unpaired) electrons. The van der Waals surface area contributed by atoms with E-state index in [0.29, 0.717) is 17.1 Å². The van der Waals surface area contributed by atoms with Gasteiger partial charge in [-0.3, -0.25) is 4.79 Å². The summed E-state index contributed by atoms with van der Waals surface area (Å²) in [4.78, 5) is 12.6. The van der Waals surface area contributed by atoms with Crippen molar-refractivity contribution in [1.82, 2.24) is 10.6 Å². The number of ether oxygens (including phenoxy) is 2. The molecule has 0 spiro atoms. The van der Waals surface area contributed by atoms with Crippen molar-refractivity contribution in [3.05, 3.63) is 54.1 Å². The highest BCUT2D eigenvalue weighted by atomic mass is 35.6. The van der Waals surface area contributed by atoms with Gasteiger partial charge in [-0.05, 0) is 42.5 Å². The predicted octanol–water partition coefficient (Wildman–Crippen LogP) is 4.12. The molecule has 0 saturated carbocycles. The quantitative estimate of drug-likeness (QED) is 0.341. The number of thiocarbonyl (C=S) groups is 1. The number of anilines is 1. The van der Waals surface area contributed by atoms with E-state index in [1.165, 1.54) is 20.3 Å². The first-order chi connectivity index (χ1) is 13.2. The van der Waals surface area contributed by atoms with Crippen molar-refractivity contribution < 1.29 is 14.3 Å². The number of rotatable bonds is 6. The van der Waals surface area contributed by atoms with Crippen molar-refractivity contribution in [2.75, 3.05) is 19.5 Å². The summed E-state index contributed by atoms with van der Waals surface area (Å²) < 4.78 is 8.49. The summed E-state index contributed by atoms with van der Waals surface area (Å²) in [6.45, 7) is 0. The summed E-state index contributed by atoms with van der Waals surface area (Å²) in [7, 11) is 2.97. The number of nitrogens with one attached hydrogen (secondary N) is 3. The second-order valence-electron chi connectivity index (χ2n) is 5.48. The third kappa shape index (κ3) is 6.31. The Hall–Kier alpha value is -1.93. The van der Waals surface area contributed by atoms with Gasteiger partial charge >= 0.3 is 0 Å². The zero-order chi connectivity index (χ0) is 20.7. The molecule has 2 aromatic rings. The lowest BCUT2D eigenvalue weighted by Crippen LogP contribution is -2.56. The number of para-hydroxylation sites is 1. The Labute approximate surface area is 183 Å². The van der Waals surface area contributed by atoms with Crippen LogP contribution in [0.2, 0.25) is 0 Å². The lowest BCUT2D eigenvalue weighted by molar-refractivity contribution is 0.0934. The van der Waals surface area contributed by atoms with Gasteiger partial charge in [0.25, 0.3) is 5.91 Å². The highest BCUT2D eigenvalue weighted by molar-refractivity contribution is 7.80. The summed E-state index contributed by atoms with van der Waals surface area (Å²) in [5.74, 6) is 0.394. The van der Waals surface area contributed by atoms with Crippen LogP contribution in [-0.4, -0.2) is 35.2 Å². The fourth-order valence-corrected chi connectivity index (χ4v) is 2.77. The zero-order valence-electron chi connectivity index (χ0n) is 15.0. The molecule has 2 rings (SSSR count). The van der Waals surface area contributed by atoms with Crippen LogP contribution in [-0.2, 0) is 0 Å². The molecule has 0 aromatic heterocycles. The Morgan fingerprint density at radius 3 is 2.21 bits per heavy atom. The third-order valence-electron chi connectivity index (χ3n) is 3.56. The van der Waals surface area contributed by atoms with Crippen LogP contribution < -0.4 is 25.4 Å². The SMILES string of the molecule is COc1ccc(C(=O)NC(NC(=S)Nc2ccccc2)C(Cl)(Cl)Cl)cc1OC. The number of carbonyl (C=O) groups is 1. The molecule has 0 aliphatic carbocycles. The molecule has 0 bridgehead atoms. The Kier molecular flexibility index (Phi) is 8.00. The van der Waals surface area contributed by atoms with Crippen LogP contribution in [0.15, 0.2) is 48.5 Å². The monoisotopic (exact) mass is 461 g/mol. The summed E-state index contributed by atoms with van der Waals surface area (Å²) in [6, 6.07) is 13.9. The van der Waals surface area contributed by atoms with E-state index >= 15 is 0 Å². The van der Waals surface area contributed by atoms with Gasteiger partial charge in [-0.25, -0.2) is 0 Å². The van der Waals surface area contributed by atoms with Gasteiger partial charge in [0, 0.05) is 11.3 Å². The number of amides is 1. The van der Waals surface area contributed by atoms with Gasteiger partial charge < -0.3 is 25.4 Å². The van der Waals surface area contributed by atoms with Crippen molar-refractivity contribution in [3.8, 4) is 11.5 Å². The minimum absolute atomic E-state index is 0.176. The molecule has 1 unspecified atom stereocenters. The first-order valence-electron chi connectivity index (χ1n) is 7.96. The van der Waals surface area contributed by atoms with Gasteiger partial charge in [-0.1, -0.05) is 53.0 Å². The van der Waals surface area contributed by atoms with E-state index in [0.717, 1.165) is 5.69 Å². The summed E-state index contributed by atoms with van der Waals surface area (Å²) in [6.07, 6.45) is -1.10. The van der Waals surface area contributed by atoms with Gasteiger partial charge in [0.05, 0.1) is 14.2 Å². The molecule has 0 fully saturated rings. The molecule has 0 heterocycles. The maximum atomic E-state index is 12.6. The number of benzene rings is 2. The number of methoxy groups -OCH3 is 2. The maximum absolute atomic E-state index is 12.6. The third-order valence-corrected chi connectivity index (χ3v) is 4.43. The molecule has 3 N–H and O–H groups in total. The molecule has 0 saturated heterocycles. The van der Waals surface area contributed by atoms with Crippen molar-refractivity contribution >= 4 is 63.7 Å². The van der Waals surface area contributed by atoms with Crippen LogP contribution >= 0.6 is 47.0 Å². The topological polar surface area (TPSA) is 71.6 Å². The lowest BCUT2D eigenvalue weighted by Gasteiger charge is -2.28. The fourth-order valence-electron chi connectivity index (χ4n) is 2.21. The van der Waals surface area contributed by atoms with E-state index in [-0.39, 0.29) is 5.11 Å². The lowest BCUT2D eigenvalue weighted by atomic mass is 10.2. The van der Waals surface area contributed by atoms with Crippen LogP contribution in [0.5, 0.6) is 11.5 Å². The van der Waals surface area contributed by atoms with Crippen LogP contribution in [0.3, 0.4) is 0 Å². The van der Waals surface area contributed by atoms with E-state index in [2.05, 4.69) is 16.0 Å². The van der Waals surface area contributed by atoms with Gasteiger partial charge in [0.15, 0.2) is 16.6 Å². The van der Waals surface area contributed by atoms with Crippen LogP contribution in [0, 0.1) is 0 Å². The van der Waals surface area contributed by atoms with Crippen molar-refractivity contribution in [2.24, 2.45) is 0 Å². The molecule has 6 nitrogen and oxygen atoms in total. The first kappa shape index (κ1) is 22.4. The highest BCUT2D eigenvalue weighted by Crippen LogP contribution is 2.30. The number of hydrogen-bond donors (Lipinski definition) is 3. The molecule has 0 aliphatic heterocycles. The van der Waals surface area contributed by atoms with Gasteiger partial charge in [0.1, 0.15) is 6.17 Å². The number of halogens is 3. The molecule has 28 heavy (non-hydrogen) atoms. The molecule has 10 heteroatoms. The minimum atomic E-state index is -1.87. The Bertz CT molecular complexity index is 832. The second-order valence-corrected chi connectivity index (χ2v) is 8.26. The van der Waals surface area contributed by atoms with Crippen LogP contribution in [0.4, 0.5) is 5.69 Å². The van der Waals surface area contributed by atoms with E-state index in [4.69, 9.17) is 56.5 Å². The van der Waals surface area contributed by atoms with E-state index in [1.54, 1.807) is 12.1 Å². The van der Waals surface area contributed by atoms with Crippen molar-refractivity contribution in [3.63, 3.8) is 0 Å². The summed E-state index contributed by atoms with van der Waals surface area (Å²) >= 11 is 23.3. The molecule has 150 valence electrons. The van der Waals surface area contributed by atoms with Crippen molar-refractivity contribution in [1.29, 1.82) is 0 Å². The summed E-state index contributed by atoms with van der Waals surface area (Å²) in [5, 5.41) is 8.53. The van der Waals surface area contributed by atoms with Gasteiger partial charge in [-0.15, -0.1) is 0 Å². The first-order valence-corrected chi connectivity index (χ1v) is 9.51. The van der Waals surface area contributed by atoms with E-state index in [9.17, 15) is 4.79 Å². The predicted molar refractivity (Wildman–Crippen MR) is 117 cm³/mol. The number of alkyl halides is 3. The zero-order valence-corrected chi connectivity index (χ0v) is 18.0. The average Bonchev–Trinajstić information content (AvgIpc) is 2.66. The average molecular weight is 463 g/mol. The smallest absolute Gasteiger partial charge is 0.253 e. The molecule has 1 atom stereocenters. The fraction of sp³-hybridized carbons (Fsp3) is 0.222.